The van der Waals surface area contributed by atoms with Crippen LogP contribution in [0.15, 0.2) is 0 Å². The van der Waals surface area contributed by atoms with Gasteiger partial charge in [-0.25, -0.2) is 0 Å². The molecule has 64 valence electrons. The summed E-state index contributed by atoms with van der Waals surface area (Å²) in [5.74, 6) is 0. The van der Waals surface area contributed by atoms with Crippen LogP contribution in [0.1, 0.15) is 0 Å². The Morgan fingerprint density at radius 1 is 0.750 bits per heavy atom. The van der Waals surface area contributed by atoms with Crippen molar-refractivity contribution in [1.29, 1.82) is 0 Å². The number of hydrogen-bond donors (Lipinski definition) is 0. The first-order valence-electron chi connectivity index (χ1n) is 2.52. The molecule has 0 rings (SSSR count). The molecule has 0 aromatic heterocycles. The quantitative estimate of drug-likeness (QED) is 0.415. The molecule has 0 amide bonds. The van der Waals surface area contributed by atoms with Crippen LogP contribution >= 0.6 is 0 Å². The minimum absolute atomic E-state index is 0. The fourth-order valence-electron chi connectivity index (χ4n) is 0. The Balaban J connectivity index is -0.0000000457. The topological polar surface area (TPSA) is 80.3 Å². The second-order valence-corrected chi connectivity index (χ2v) is 13.0. The minimum Gasteiger partial charge on any atom is 1.00 e. The fraction of sp³-hybridized carbons (Fsp3) is 1.00. The summed E-state index contributed by atoms with van der Waals surface area (Å²) in [4.78, 5) is 0. The van der Waals surface area contributed by atoms with Crippen LogP contribution in [0.2, 0.25) is 22.8 Å². The van der Waals surface area contributed by atoms with Crippen molar-refractivity contribution in [3.05, 3.63) is 0 Å². The van der Waals surface area contributed by atoms with Gasteiger partial charge in [0.25, 0.3) is 0 Å². The van der Waals surface area contributed by atoms with Crippen LogP contribution in [-0.4, -0.2) is 27.7 Å². The van der Waals surface area contributed by atoms with Gasteiger partial charge in [-0.1, -0.05) is 0 Å². The summed E-state index contributed by atoms with van der Waals surface area (Å²) in [5.41, 5.74) is 4.99. The predicted molar refractivity (Wildman–Crippen MR) is 36.3 cm³/mol. The molecule has 0 aromatic carbocycles. The molecular weight excluding hydrogens is 276 g/mol. The maximum atomic E-state index is 9.72. The SMILES string of the molecule is C[As](C)(=O)[O-].C[As](C)(=O)[O-].[Li+].[Li+]. The first-order valence-corrected chi connectivity index (χ1v) is 13.1. The predicted octanol–water partition coefficient (Wildman–Crippen LogP) is -7.03. The molecule has 0 atom stereocenters. The van der Waals surface area contributed by atoms with E-state index in [1.807, 2.05) is 0 Å². The molecule has 0 aliphatic heterocycles. The Hall–Kier alpha value is 1.83. The van der Waals surface area contributed by atoms with E-state index in [0.717, 1.165) is 0 Å². The standard InChI is InChI=1S/2C2H7AsO2.2Li/c2*1-3(2,4)5;;/h2*1-2H3,(H,4,5);;/q;;2*+1/p-2. The summed E-state index contributed by atoms with van der Waals surface area (Å²) in [5, 5.41) is 0. The summed E-state index contributed by atoms with van der Waals surface area (Å²) in [6.45, 7) is 0. The average Bonchev–Trinajstić information content (AvgIpc) is 1.12. The molecular formula is C4H12As2Li2O4. The van der Waals surface area contributed by atoms with E-state index in [-0.39, 0.29) is 37.7 Å². The third kappa shape index (κ3) is 414. The average molecular weight is 288 g/mol. The maximum Gasteiger partial charge on any atom is 1.00 e. The molecule has 0 heterocycles. The zero-order valence-electron chi connectivity index (χ0n) is 8.53. The Morgan fingerprint density at radius 3 is 0.750 bits per heavy atom. The van der Waals surface area contributed by atoms with Crippen molar-refractivity contribution in [3.8, 4) is 0 Å². The van der Waals surface area contributed by atoms with Crippen LogP contribution in [0, 0.1) is 0 Å². The molecule has 0 fully saturated rings. The summed E-state index contributed by atoms with van der Waals surface area (Å²) in [6.07, 6.45) is 0. The van der Waals surface area contributed by atoms with Crippen molar-refractivity contribution in [2.75, 3.05) is 0 Å². The van der Waals surface area contributed by atoms with E-state index in [2.05, 4.69) is 0 Å². The van der Waals surface area contributed by atoms with Crippen LogP contribution < -0.4 is 45.9 Å². The summed E-state index contributed by atoms with van der Waals surface area (Å²) in [6, 6.07) is 0. The van der Waals surface area contributed by atoms with E-state index in [0.29, 0.717) is 0 Å². The molecule has 0 unspecified atom stereocenters. The Morgan fingerprint density at radius 2 is 0.750 bits per heavy atom. The molecule has 4 nitrogen and oxygen atoms in total. The van der Waals surface area contributed by atoms with Gasteiger partial charge in [0.2, 0.25) is 0 Å². The van der Waals surface area contributed by atoms with Crippen molar-refractivity contribution in [2.45, 2.75) is 22.8 Å². The van der Waals surface area contributed by atoms with Gasteiger partial charge >= 0.3 is 104 Å². The molecule has 0 bridgehead atoms. The first-order chi connectivity index (χ1) is 4.00. The monoisotopic (exact) mass is 288 g/mol. The van der Waals surface area contributed by atoms with Crippen LogP contribution in [0.5, 0.6) is 0 Å². The van der Waals surface area contributed by atoms with Gasteiger partial charge < -0.3 is 0 Å². The molecule has 0 aliphatic carbocycles. The smallest absolute Gasteiger partial charge is 1.00 e. The Kier molecular flexibility index (Phi) is 18.4. The van der Waals surface area contributed by atoms with Crippen molar-refractivity contribution < 1.29 is 53.4 Å². The molecule has 0 radical (unpaired) electrons. The molecule has 0 aromatic rings. The minimum atomic E-state index is -3.38. The molecule has 0 N–H and O–H groups in total. The van der Waals surface area contributed by atoms with Crippen molar-refractivity contribution in [1.82, 2.24) is 0 Å². The summed E-state index contributed by atoms with van der Waals surface area (Å²) < 4.78 is 38.9. The zero-order valence-corrected chi connectivity index (χ0v) is 12.3. The Bertz CT molecular complexity index is 135. The van der Waals surface area contributed by atoms with E-state index in [9.17, 15) is 15.7 Å². The maximum absolute atomic E-state index is 9.72. The van der Waals surface area contributed by atoms with Crippen LogP contribution in [0.3, 0.4) is 0 Å². The van der Waals surface area contributed by atoms with Crippen molar-refractivity contribution in [2.24, 2.45) is 0 Å². The number of hydrogen-bond acceptors (Lipinski definition) is 4. The molecule has 12 heavy (non-hydrogen) atoms. The number of rotatable bonds is 0. The zero-order chi connectivity index (χ0) is 9.00. The van der Waals surface area contributed by atoms with E-state index in [1.165, 1.54) is 22.8 Å². The van der Waals surface area contributed by atoms with E-state index < -0.39 is 27.7 Å². The van der Waals surface area contributed by atoms with Gasteiger partial charge in [0.05, 0.1) is 0 Å². The third-order valence-corrected chi connectivity index (χ3v) is 0. The van der Waals surface area contributed by atoms with Gasteiger partial charge in [-0.15, -0.1) is 0 Å². The van der Waals surface area contributed by atoms with Crippen molar-refractivity contribution in [3.63, 3.8) is 0 Å². The van der Waals surface area contributed by atoms with Gasteiger partial charge in [0, 0.05) is 0 Å². The molecule has 0 aliphatic rings. The normalized spacial score (nSPS) is 9.83. The molecule has 8 heteroatoms. The van der Waals surface area contributed by atoms with E-state index in [4.69, 9.17) is 0 Å². The van der Waals surface area contributed by atoms with Gasteiger partial charge in [0.15, 0.2) is 0 Å². The largest absolute Gasteiger partial charge is 1.00 e. The van der Waals surface area contributed by atoms with Crippen molar-refractivity contribution >= 4 is 27.7 Å². The second-order valence-electron chi connectivity index (χ2n) is 2.50. The fourth-order valence-corrected chi connectivity index (χ4v) is 0. The summed E-state index contributed by atoms with van der Waals surface area (Å²) >= 11 is -6.75. The Labute approximate surface area is 103 Å². The van der Waals surface area contributed by atoms with Gasteiger partial charge in [-0.2, -0.15) is 0 Å². The second kappa shape index (κ2) is 9.39. The molecule has 0 saturated heterocycles. The van der Waals surface area contributed by atoms with E-state index >= 15 is 0 Å². The molecule has 0 saturated carbocycles. The van der Waals surface area contributed by atoms with Gasteiger partial charge in [-0.3, -0.25) is 0 Å². The van der Waals surface area contributed by atoms with E-state index in [1.54, 1.807) is 0 Å². The van der Waals surface area contributed by atoms with Gasteiger partial charge in [0.1, 0.15) is 0 Å². The van der Waals surface area contributed by atoms with Crippen LogP contribution in [0.4, 0.5) is 0 Å². The summed E-state index contributed by atoms with van der Waals surface area (Å²) in [7, 11) is 0. The van der Waals surface area contributed by atoms with Gasteiger partial charge in [-0.05, 0) is 0 Å². The van der Waals surface area contributed by atoms with Crippen LogP contribution in [-0.2, 0) is 7.48 Å². The third-order valence-electron chi connectivity index (χ3n) is 0. The molecule has 0 spiro atoms. The van der Waals surface area contributed by atoms with Crippen LogP contribution in [0.25, 0.3) is 0 Å². The first kappa shape index (κ1) is 23.6.